The van der Waals surface area contributed by atoms with Crippen LogP contribution in [0, 0.1) is 6.92 Å². The minimum Gasteiger partial charge on any atom is -0.370 e. The zero-order valence-corrected chi connectivity index (χ0v) is 15.7. The van der Waals surface area contributed by atoms with E-state index in [2.05, 4.69) is 32.4 Å². The fourth-order valence-electron chi connectivity index (χ4n) is 2.86. The first-order chi connectivity index (χ1) is 13.5. The molecule has 0 saturated heterocycles. The summed E-state index contributed by atoms with van der Waals surface area (Å²) in [6.07, 6.45) is 1.86. The van der Waals surface area contributed by atoms with Gasteiger partial charge in [0.2, 0.25) is 5.78 Å². The molecule has 144 valence electrons. The molecule has 28 heavy (non-hydrogen) atoms. The van der Waals surface area contributed by atoms with Crippen LogP contribution in [0.15, 0.2) is 64.4 Å². The van der Waals surface area contributed by atoms with Crippen molar-refractivity contribution in [3.05, 3.63) is 87.6 Å². The summed E-state index contributed by atoms with van der Waals surface area (Å²) in [5.74, 6) is 0.0860. The molecule has 5 N–H and O–H groups in total. The molecule has 3 aromatic rings. The molecule has 3 rings (SSSR count). The summed E-state index contributed by atoms with van der Waals surface area (Å²) >= 11 is 0. The van der Waals surface area contributed by atoms with E-state index in [1.165, 1.54) is 5.56 Å². The van der Waals surface area contributed by atoms with Gasteiger partial charge in [-0.25, -0.2) is 4.79 Å². The van der Waals surface area contributed by atoms with Gasteiger partial charge in [-0.1, -0.05) is 30.3 Å². The van der Waals surface area contributed by atoms with Gasteiger partial charge in [0.1, 0.15) is 5.69 Å². The van der Waals surface area contributed by atoms with Crippen molar-refractivity contribution < 1.29 is 4.79 Å². The summed E-state index contributed by atoms with van der Waals surface area (Å²) in [4.78, 5) is 33.2. The molecule has 0 atom stereocenters. The molecule has 2 aromatic carbocycles. The van der Waals surface area contributed by atoms with E-state index in [0.29, 0.717) is 23.8 Å². The van der Waals surface area contributed by atoms with Crippen LogP contribution in [0.3, 0.4) is 0 Å². The maximum Gasteiger partial charge on any atom is 0.323 e. The van der Waals surface area contributed by atoms with Crippen molar-refractivity contribution in [1.82, 2.24) is 9.97 Å². The first-order valence-corrected chi connectivity index (χ1v) is 9.07. The Hall–Kier alpha value is -3.61. The van der Waals surface area contributed by atoms with E-state index < -0.39 is 5.69 Å². The van der Waals surface area contributed by atoms with Crippen molar-refractivity contribution in [3.8, 4) is 0 Å². The number of benzene rings is 2. The third-order valence-electron chi connectivity index (χ3n) is 4.31. The van der Waals surface area contributed by atoms with E-state index >= 15 is 0 Å². The van der Waals surface area contributed by atoms with E-state index in [1.54, 1.807) is 31.2 Å². The largest absolute Gasteiger partial charge is 0.370 e. The second-order valence-electron chi connectivity index (χ2n) is 6.47. The number of carbonyl (C=O) groups is 1. The summed E-state index contributed by atoms with van der Waals surface area (Å²) in [5.41, 5.74) is 8.81. The monoisotopic (exact) mass is 377 g/mol. The minimum atomic E-state index is -0.393. The van der Waals surface area contributed by atoms with Gasteiger partial charge in [-0.3, -0.25) is 9.79 Å². The van der Waals surface area contributed by atoms with Crippen LogP contribution in [-0.4, -0.2) is 28.3 Å². The Morgan fingerprint density at radius 1 is 1.07 bits per heavy atom. The lowest BCUT2D eigenvalue weighted by molar-refractivity contribution is 0.103. The quantitative estimate of drug-likeness (QED) is 0.219. The van der Waals surface area contributed by atoms with E-state index in [0.717, 1.165) is 18.5 Å². The predicted molar refractivity (Wildman–Crippen MR) is 111 cm³/mol. The molecule has 0 unspecified atom stereocenters. The van der Waals surface area contributed by atoms with Crippen molar-refractivity contribution >= 4 is 17.4 Å². The normalized spacial score (nSPS) is 11.4. The molecule has 0 spiro atoms. The lowest BCUT2D eigenvalue weighted by Crippen LogP contribution is -2.23. The van der Waals surface area contributed by atoms with Crippen molar-refractivity contribution in [2.75, 3.05) is 11.9 Å². The molecule has 0 saturated carbocycles. The summed E-state index contributed by atoms with van der Waals surface area (Å²) in [6, 6.07) is 17.1. The molecule has 0 aliphatic heterocycles. The number of anilines is 1. The number of rotatable bonds is 7. The summed E-state index contributed by atoms with van der Waals surface area (Å²) in [6.45, 7) is 2.31. The van der Waals surface area contributed by atoms with Crippen LogP contribution in [0.1, 0.15) is 33.7 Å². The second kappa shape index (κ2) is 8.85. The highest BCUT2D eigenvalue weighted by Gasteiger charge is 2.14. The number of carbonyl (C=O) groups excluding carboxylic acids is 1. The number of nitrogens with zero attached hydrogens (tertiary/aromatic N) is 1. The highest BCUT2D eigenvalue weighted by molar-refractivity contribution is 6.08. The van der Waals surface area contributed by atoms with E-state index in [-0.39, 0.29) is 11.5 Å². The number of nitrogens with one attached hydrogen (secondary N) is 3. The highest BCUT2D eigenvalue weighted by Crippen LogP contribution is 2.13. The Kier molecular flexibility index (Phi) is 6.06. The zero-order valence-electron chi connectivity index (χ0n) is 15.7. The number of hydrogen-bond acceptors (Lipinski definition) is 3. The number of imidazole rings is 1. The molecule has 0 amide bonds. The number of aromatic nitrogens is 2. The second-order valence-corrected chi connectivity index (χ2v) is 6.47. The average molecular weight is 377 g/mol. The summed E-state index contributed by atoms with van der Waals surface area (Å²) in [5, 5.41) is 3.01. The Bertz CT molecular complexity index is 1020. The van der Waals surface area contributed by atoms with Crippen LogP contribution < -0.4 is 16.7 Å². The van der Waals surface area contributed by atoms with Crippen LogP contribution in [0.5, 0.6) is 0 Å². The van der Waals surface area contributed by atoms with Gasteiger partial charge in [-0.05, 0) is 49.6 Å². The fraction of sp³-hybridized carbons (Fsp3) is 0.190. The van der Waals surface area contributed by atoms with E-state index in [1.807, 2.05) is 18.2 Å². The molecule has 0 aliphatic rings. The zero-order chi connectivity index (χ0) is 19.9. The maximum absolute atomic E-state index is 12.4. The van der Waals surface area contributed by atoms with E-state index in [9.17, 15) is 9.59 Å². The summed E-state index contributed by atoms with van der Waals surface area (Å²) < 4.78 is 0. The molecule has 7 nitrogen and oxygen atoms in total. The Labute approximate surface area is 162 Å². The lowest BCUT2D eigenvalue weighted by atomic mass is 10.1. The third-order valence-corrected chi connectivity index (χ3v) is 4.31. The van der Waals surface area contributed by atoms with Crippen molar-refractivity contribution in [1.29, 1.82) is 0 Å². The molecule has 0 bridgehead atoms. The molecule has 0 radical (unpaired) electrons. The number of guanidine groups is 1. The van der Waals surface area contributed by atoms with Crippen LogP contribution in [0.4, 0.5) is 5.69 Å². The van der Waals surface area contributed by atoms with Gasteiger partial charge in [0.05, 0.1) is 0 Å². The van der Waals surface area contributed by atoms with Crippen molar-refractivity contribution in [3.63, 3.8) is 0 Å². The number of aromatic amines is 2. The minimum absolute atomic E-state index is 0.245. The number of H-pyrrole nitrogens is 2. The smallest absolute Gasteiger partial charge is 0.323 e. The number of hydrogen-bond donors (Lipinski definition) is 4. The topological polar surface area (TPSA) is 116 Å². The first-order valence-electron chi connectivity index (χ1n) is 9.07. The lowest BCUT2D eigenvalue weighted by Gasteiger charge is -2.07. The third kappa shape index (κ3) is 4.97. The Balaban J connectivity index is 1.54. The van der Waals surface area contributed by atoms with Crippen LogP contribution >= 0.6 is 0 Å². The fourth-order valence-corrected chi connectivity index (χ4v) is 2.86. The van der Waals surface area contributed by atoms with Gasteiger partial charge in [0, 0.05) is 23.5 Å². The van der Waals surface area contributed by atoms with Gasteiger partial charge < -0.3 is 21.0 Å². The summed E-state index contributed by atoms with van der Waals surface area (Å²) in [7, 11) is 0. The van der Waals surface area contributed by atoms with Gasteiger partial charge in [-0.15, -0.1) is 0 Å². The SMILES string of the molecule is Cc1[nH]c(=O)[nH]c1C(=O)c1ccc(NC(N)=NCCCc2ccccc2)cc1. The Morgan fingerprint density at radius 2 is 1.79 bits per heavy atom. The highest BCUT2D eigenvalue weighted by atomic mass is 16.1. The molecule has 0 fully saturated rings. The van der Waals surface area contributed by atoms with Crippen molar-refractivity contribution in [2.24, 2.45) is 10.7 Å². The molecule has 0 aliphatic carbocycles. The van der Waals surface area contributed by atoms with Crippen LogP contribution in [0.25, 0.3) is 0 Å². The Morgan fingerprint density at radius 3 is 2.43 bits per heavy atom. The molecular weight excluding hydrogens is 354 g/mol. The van der Waals surface area contributed by atoms with E-state index in [4.69, 9.17) is 5.73 Å². The molecular formula is C21H23N5O2. The maximum atomic E-state index is 12.4. The number of aliphatic imine (C=N–C) groups is 1. The van der Waals surface area contributed by atoms with Gasteiger partial charge >= 0.3 is 5.69 Å². The number of aryl methyl sites for hydroxylation is 2. The molecule has 1 heterocycles. The first kappa shape index (κ1) is 19.2. The number of nitrogens with two attached hydrogens (primary N) is 1. The average Bonchev–Trinajstić information content (AvgIpc) is 3.04. The van der Waals surface area contributed by atoms with Gasteiger partial charge in [0.25, 0.3) is 0 Å². The van der Waals surface area contributed by atoms with Gasteiger partial charge in [-0.2, -0.15) is 0 Å². The van der Waals surface area contributed by atoms with Gasteiger partial charge in [0.15, 0.2) is 5.96 Å². The number of ketones is 1. The molecule has 7 heteroatoms. The standard InChI is InChI=1S/C21H23N5O2/c1-14-18(26-21(28)24-14)19(27)16-9-11-17(12-10-16)25-20(22)23-13-5-8-15-6-3-2-4-7-15/h2-4,6-7,9-12H,5,8,13H2,1H3,(H3,22,23,25)(H2,24,26,28). The van der Waals surface area contributed by atoms with Crippen LogP contribution in [-0.2, 0) is 6.42 Å². The predicted octanol–water partition coefficient (Wildman–Crippen LogP) is 2.60. The van der Waals surface area contributed by atoms with Crippen LogP contribution in [0.2, 0.25) is 0 Å². The molecule has 1 aromatic heterocycles. The van der Waals surface area contributed by atoms with Crippen molar-refractivity contribution in [2.45, 2.75) is 19.8 Å².